The van der Waals surface area contributed by atoms with Gasteiger partial charge >= 0.3 is 0 Å². The molecule has 0 aromatic heterocycles. The molecule has 1 nitrogen and oxygen atoms in total. The number of hydrogen-bond donors (Lipinski definition) is 1. The molecule has 2 aromatic rings. The van der Waals surface area contributed by atoms with Crippen LogP contribution in [-0.4, -0.2) is 13.6 Å². The number of hydrogen-bond acceptors (Lipinski definition) is 1. The topological polar surface area (TPSA) is 12.0 Å². The Labute approximate surface area is 135 Å². The number of likely N-dealkylation sites (N-methyl/N-ethyl adjacent to an activating group) is 1. The average Bonchev–Trinajstić information content (AvgIpc) is 2.43. The van der Waals surface area contributed by atoms with E-state index in [-0.39, 0.29) is 5.82 Å². The number of halogens is 3. The first kappa shape index (κ1) is 15.7. The highest BCUT2D eigenvalue weighted by Gasteiger charge is 2.15. The van der Waals surface area contributed by atoms with E-state index in [0.717, 1.165) is 23.0 Å². The lowest BCUT2D eigenvalue weighted by Gasteiger charge is -2.19. The van der Waals surface area contributed by atoms with Gasteiger partial charge < -0.3 is 5.32 Å². The molecule has 0 radical (unpaired) electrons. The van der Waals surface area contributed by atoms with E-state index in [9.17, 15) is 4.39 Å². The lowest BCUT2D eigenvalue weighted by atomic mass is 9.92. The van der Waals surface area contributed by atoms with Gasteiger partial charge in [-0.05, 0) is 58.7 Å². The second-order valence-electron chi connectivity index (χ2n) is 4.73. The molecule has 1 atom stereocenters. The fraction of sp³-hybridized carbons (Fsp3) is 0.250. The van der Waals surface area contributed by atoms with Crippen LogP contribution in [0.1, 0.15) is 17.0 Å². The molecule has 0 amide bonds. The average molecular weight is 401 g/mol. The van der Waals surface area contributed by atoms with E-state index >= 15 is 0 Å². The largest absolute Gasteiger partial charge is 0.319 e. The van der Waals surface area contributed by atoms with Gasteiger partial charge in [-0.15, -0.1) is 0 Å². The Bertz CT molecular complexity index is 586. The smallest absolute Gasteiger partial charge is 0.137 e. The zero-order valence-corrected chi connectivity index (χ0v) is 14.3. The second-order valence-corrected chi connectivity index (χ2v) is 6.44. The van der Waals surface area contributed by atoms with Crippen molar-refractivity contribution < 1.29 is 4.39 Å². The van der Waals surface area contributed by atoms with Gasteiger partial charge in [0.15, 0.2) is 0 Å². The molecule has 2 rings (SSSR count). The van der Waals surface area contributed by atoms with E-state index in [1.807, 2.05) is 31.3 Å². The molecule has 0 bridgehead atoms. The van der Waals surface area contributed by atoms with E-state index in [4.69, 9.17) is 0 Å². The van der Waals surface area contributed by atoms with Crippen molar-refractivity contribution in [3.63, 3.8) is 0 Å². The van der Waals surface area contributed by atoms with Gasteiger partial charge in [0, 0.05) is 16.9 Å². The fourth-order valence-corrected chi connectivity index (χ4v) is 3.33. The second kappa shape index (κ2) is 7.34. The van der Waals surface area contributed by atoms with Crippen LogP contribution >= 0.6 is 31.9 Å². The number of nitrogens with one attached hydrogen (secondary N) is 1. The highest BCUT2D eigenvalue weighted by atomic mass is 79.9. The summed E-state index contributed by atoms with van der Waals surface area (Å²) in [7, 11) is 1.95. The Hall–Kier alpha value is -0.710. The van der Waals surface area contributed by atoms with Crippen molar-refractivity contribution in [2.75, 3.05) is 13.6 Å². The van der Waals surface area contributed by atoms with Gasteiger partial charge in [-0.1, -0.05) is 40.2 Å². The molecule has 1 unspecified atom stereocenters. The summed E-state index contributed by atoms with van der Waals surface area (Å²) in [6.45, 7) is 0.873. The molecule has 0 aliphatic heterocycles. The quantitative estimate of drug-likeness (QED) is 0.752. The molecule has 106 valence electrons. The molecule has 4 heteroatoms. The Balaban J connectivity index is 2.25. The Morgan fingerprint density at radius 3 is 2.50 bits per heavy atom. The van der Waals surface area contributed by atoms with E-state index in [1.54, 1.807) is 0 Å². The standard InChI is InChI=1S/C16H16Br2FN/c1-20-10-12(13-4-2-3-5-14(13)17)8-11-6-7-16(19)15(18)9-11/h2-7,9,12,20H,8,10H2,1H3. The van der Waals surface area contributed by atoms with Crippen LogP contribution in [0.15, 0.2) is 51.4 Å². The molecule has 2 aromatic carbocycles. The Kier molecular flexibility index (Phi) is 5.75. The first-order valence-corrected chi connectivity index (χ1v) is 8.03. The molecular formula is C16H16Br2FN. The fourth-order valence-electron chi connectivity index (χ4n) is 2.30. The highest BCUT2D eigenvalue weighted by molar-refractivity contribution is 9.10. The molecule has 1 N–H and O–H groups in total. The number of rotatable bonds is 5. The van der Waals surface area contributed by atoms with Gasteiger partial charge in [0.25, 0.3) is 0 Å². The molecule has 0 spiro atoms. The van der Waals surface area contributed by atoms with E-state index in [2.05, 4.69) is 49.3 Å². The first-order chi connectivity index (χ1) is 9.61. The van der Waals surface area contributed by atoms with Crippen LogP contribution in [0.5, 0.6) is 0 Å². The molecule has 0 fully saturated rings. The van der Waals surface area contributed by atoms with Crippen molar-refractivity contribution in [1.29, 1.82) is 0 Å². The molecule has 0 aliphatic carbocycles. The maximum absolute atomic E-state index is 13.3. The van der Waals surface area contributed by atoms with Gasteiger partial charge in [0.1, 0.15) is 5.82 Å². The summed E-state index contributed by atoms with van der Waals surface area (Å²) < 4.78 is 14.9. The highest BCUT2D eigenvalue weighted by Crippen LogP contribution is 2.28. The van der Waals surface area contributed by atoms with E-state index < -0.39 is 0 Å². The maximum Gasteiger partial charge on any atom is 0.137 e. The van der Waals surface area contributed by atoms with Crippen molar-refractivity contribution in [3.8, 4) is 0 Å². The molecule has 0 saturated carbocycles. The minimum atomic E-state index is -0.222. The third-order valence-corrected chi connectivity index (χ3v) is 4.59. The van der Waals surface area contributed by atoms with Crippen LogP contribution in [0.25, 0.3) is 0 Å². The third-order valence-electron chi connectivity index (χ3n) is 3.26. The van der Waals surface area contributed by atoms with Crippen LogP contribution in [0.4, 0.5) is 4.39 Å². The zero-order chi connectivity index (χ0) is 14.5. The minimum Gasteiger partial charge on any atom is -0.319 e. The lowest BCUT2D eigenvalue weighted by molar-refractivity contribution is 0.610. The van der Waals surface area contributed by atoms with Crippen LogP contribution < -0.4 is 5.32 Å². The Morgan fingerprint density at radius 2 is 1.85 bits per heavy atom. The van der Waals surface area contributed by atoms with Crippen molar-refractivity contribution >= 4 is 31.9 Å². The normalized spacial score (nSPS) is 12.4. The van der Waals surface area contributed by atoms with Gasteiger partial charge in [0.2, 0.25) is 0 Å². The molecular weight excluding hydrogens is 385 g/mol. The molecule has 0 saturated heterocycles. The third kappa shape index (κ3) is 3.90. The lowest BCUT2D eigenvalue weighted by Crippen LogP contribution is -2.19. The SMILES string of the molecule is CNCC(Cc1ccc(F)c(Br)c1)c1ccccc1Br. The molecule has 0 aliphatic rings. The van der Waals surface area contributed by atoms with Crippen molar-refractivity contribution in [2.24, 2.45) is 0 Å². The van der Waals surface area contributed by atoms with Gasteiger partial charge in [0.05, 0.1) is 4.47 Å². The summed E-state index contributed by atoms with van der Waals surface area (Å²) in [5.41, 5.74) is 2.39. The minimum absolute atomic E-state index is 0.222. The maximum atomic E-state index is 13.3. The Morgan fingerprint density at radius 1 is 1.10 bits per heavy atom. The van der Waals surface area contributed by atoms with E-state index in [0.29, 0.717) is 10.4 Å². The van der Waals surface area contributed by atoms with Crippen LogP contribution in [0.2, 0.25) is 0 Å². The zero-order valence-electron chi connectivity index (χ0n) is 11.2. The van der Waals surface area contributed by atoms with Crippen molar-refractivity contribution in [2.45, 2.75) is 12.3 Å². The molecule has 0 heterocycles. The first-order valence-electron chi connectivity index (χ1n) is 6.44. The monoisotopic (exact) mass is 399 g/mol. The van der Waals surface area contributed by atoms with E-state index in [1.165, 1.54) is 11.6 Å². The predicted molar refractivity (Wildman–Crippen MR) is 88.6 cm³/mol. The molecule has 20 heavy (non-hydrogen) atoms. The summed E-state index contributed by atoms with van der Waals surface area (Å²) in [5.74, 6) is 0.118. The van der Waals surface area contributed by atoms with Gasteiger partial charge in [-0.25, -0.2) is 4.39 Å². The summed E-state index contributed by atoms with van der Waals surface area (Å²) in [5, 5.41) is 3.23. The van der Waals surface area contributed by atoms with Gasteiger partial charge in [-0.2, -0.15) is 0 Å². The van der Waals surface area contributed by atoms with Crippen LogP contribution in [0.3, 0.4) is 0 Å². The van der Waals surface area contributed by atoms with Gasteiger partial charge in [-0.3, -0.25) is 0 Å². The summed E-state index contributed by atoms with van der Waals surface area (Å²) >= 11 is 6.86. The van der Waals surface area contributed by atoms with Crippen molar-refractivity contribution in [1.82, 2.24) is 5.32 Å². The van der Waals surface area contributed by atoms with Crippen molar-refractivity contribution in [3.05, 3.63) is 68.4 Å². The summed E-state index contributed by atoms with van der Waals surface area (Å²) in [6, 6.07) is 13.5. The predicted octanol–water partition coefficient (Wildman–Crippen LogP) is 4.90. The summed E-state index contributed by atoms with van der Waals surface area (Å²) in [6.07, 6.45) is 0.863. The van der Waals surface area contributed by atoms with Crippen LogP contribution in [-0.2, 0) is 6.42 Å². The van der Waals surface area contributed by atoms with Crippen LogP contribution in [0, 0.1) is 5.82 Å². The summed E-state index contributed by atoms with van der Waals surface area (Å²) in [4.78, 5) is 0. The number of benzene rings is 2.